The van der Waals surface area contributed by atoms with Crippen LogP contribution in [0.4, 0.5) is 5.69 Å². The number of sulfonamides is 1. The molecule has 7 heteroatoms. The number of carbonyl (C=O) groups is 1. The molecule has 1 aliphatic heterocycles. The molecule has 1 N–H and O–H groups in total. The molecule has 0 aromatic heterocycles. The van der Waals surface area contributed by atoms with Crippen LogP contribution in [0.2, 0.25) is 0 Å². The number of nitrogens with zero attached hydrogens (tertiary/aromatic N) is 2. The van der Waals surface area contributed by atoms with E-state index in [2.05, 4.69) is 22.3 Å². The van der Waals surface area contributed by atoms with Crippen LogP contribution in [0.5, 0.6) is 0 Å². The van der Waals surface area contributed by atoms with E-state index in [1.165, 1.54) is 24.8 Å². The fourth-order valence-corrected chi connectivity index (χ4v) is 4.74. The normalized spacial score (nSPS) is 15.0. The zero-order valence-electron chi connectivity index (χ0n) is 17.8. The van der Waals surface area contributed by atoms with Crippen molar-refractivity contribution in [3.05, 3.63) is 65.2 Å². The van der Waals surface area contributed by atoms with Gasteiger partial charge in [-0.05, 0) is 55.6 Å². The van der Waals surface area contributed by atoms with Gasteiger partial charge in [0, 0.05) is 13.1 Å². The quantitative estimate of drug-likeness (QED) is 0.700. The third kappa shape index (κ3) is 6.31. The summed E-state index contributed by atoms with van der Waals surface area (Å²) in [6.45, 7) is 5.17. The van der Waals surface area contributed by atoms with Crippen molar-refractivity contribution in [2.24, 2.45) is 0 Å². The molecular weight excluding hydrogens is 398 g/mol. The molecule has 1 fully saturated rings. The number of para-hydroxylation sites is 1. The van der Waals surface area contributed by atoms with Crippen molar-refractivity contribution in [3.8, 4) is 0 Å². The fraction of sp³-hybridized carbons (Fsp3) is 0.435. The number of benzene rings is 2. The SMILES string of the molecule is Cc1ccccc1N(CC(=O)NCc1cccc(CN2CCCCC2)c1)S(C)(=O)=O. The molecule has 2 aromatic rings. The summed E-state index contributed by atoms with van der Waals surface area (Å²) in [5.74, 6) is -0.329. The fourth-order valence-electron chi connectivity index (χ4n) is 3.82. The molecule has 1 aliphatic rings. The lowest BCUT2D eigenvalue weighted by Crippen LogP contribution is -2.40. The van der Waals surface area contributed by atoms with Crippen LogP contribution in [-0.4, -0.2) is 45.1 Å². The number of carbonyl (C=O) groups excluding carboxylic acids is 1. The Kier molecular flexibility index (Phi) is 7.50. The van der Waals surface area contributed by atoms with Gasteiger partial charge in [-0.25, -0.2) is 8.42 Å². The molecule has 0 atom stereocenters. The van der Waals surface area contributed by atoms with Gasteiger partial charge in [0.25, 0.3) is 0 Å². The molecule has 1 amide bonds. The van der Waals surface area contributed by atoms with Crippen molar-refractivity contribution >= 4 is 21.6 Å². The molecule has 0 aliphatic carbocycles. The molecular formula is C23H31N3O3S. The Hall–Kier alpha value is -2.38. The topological polar surface area (TPSA) is 69.7 Å². The largest absolute Gasteiger partial charge is 0.350 e. The first-order chi connectivity index (χ1) is 14.3. The van der Waals surface area contributed by atoms with Crippen LogP contribution < -0.4 is 9.62 Å². The van der Waals surface area contributed by atoms with Gasteiger partial charge >= 0.3 is 0 Å². The highest BCUT2D eigenvalue weighted by Crippen LogP contribution is 2.21. The summed E-state index contributed by atoms with van der Waals surface area (Å²) in [4.78, 5) is 15.0. The van der Waals surface area contributed by atoms with E-state index in [-0.39, 0.29) is 12.5 Å². The Bertz CT molecular complexity index is 969. The summed E-state index contributed by atoms with van der Waals surface area (Å²) >= 11 is 0. The number of amides is 1. The maximum absolute atomic E-state index is 12.5. The second kappa shape index (κ2) is 10.1. The van der Waals surface area contributed by atoms with Crippen LogP contribution in [0.3, 0.4) is 0 Å². The summed E-state index contributed by atoms with van der Waals surface area (Å²) < 4.78 is 25.7. The molecule has 1 saturated heterocycles. The van der Waals surface area contributed by atoms with E-state index in [9.17, 15) is 13.2 Å². The summed E-state index contributed by atoms with van der Waals surface area (Å²) in [7, 11) is -3.57. The van der Waals surface area contributed by atoms with Gasteiger partial charge in [0.1, 0.15) is 6.54 Å². The molecule has 6 nitrogen and oxygen atoms in total. The second-order valence-electron chi connectivity index (χ2n) is 7.99. The summed E-state index contributed by atoms with van der Waals surface area (Å²) in [6.07, 6.45) is 4.95. The van der Waals surface area contributed by atoms with Crippen molar-refractivity contribution in [1.29, 1.82) is 0 Å². The van der Waals surface area contributed by atoms with Crippen LogP contribution in [0.25, 0.3) is 0 Å². The molecule has 162 valence electrons. The molecule has 30 heavy (non-hydrogen) atoms. The first kappa shape index (κ1) is 22.3. The minimum atomic E-state index is -3.57. The van der Waals surface area contributed by atoms with Crippen LogP contribution in [0, 0.1) is 6.92 Å². The predicted molar refractivity (Wildman–Crippen MR) is 121 cm³/mol. The minimum absolute atomic E-state index is 0.239. The van der Waals surface area contributed by atoms with Crippen molar-refractivity contribution in [2.75, 3.05) is 30.2 Å². The van der Waals surface area contributed by atoms with Crippen molar-refractivity contribution in [3.63, 3.8) is 0 Å². The third-order valence-electron chi connectivity index (χ3n) is 5.41. The van der Waals surface area contributed by atoms with Gasteiger partial charge in [0.05, 0.1) is 11.9 Å². The molecule has 0 spiro atoms. The lowest BCUT2D eigenvalue weighted by atomic mass is 10.1. The van der Waals surface area contributed by atoms with E-state index in [1.807, 2.05) is 31.2 Å². The lowest BCUT2D eigenvalue weighted by Gasteiger charge is -2.26. The number of aryl methyl sites for hydroxylation is 1. The number of hydrogen-bond acceptors (Lipinski definition) is 4. The summed E-state index contributed by atoms with van der Waals surface area (Å²) in [6, 6.07) is 15.4. The number of anilines is 1. The van der Waals surface area contributed by atoms with E-state index < -0.39 is 10.0 Å². The number of hydrogen-bond donors (Lipinski definition) is 1. The maximum Gasteiger partial charge on any atom is 0.241 e. The molecule has 0 radical (unpaired) electrons. The van der Waals surface area contributed by atoms with Gasteiger partial charge in [-0.15, -0.1) is 0 Å². The molecule has 2 aromatic carbocycles. The summed E-state index contributed by atoms with van der Waals surface area (Å²) in [5.41, 5.74) is 3.58. The lowest BCUT2D eigenvalue weighted by molar-refractivity contribution is -0.119. The highest BCUT2D eigenvalue weighted by molar-refractivity contribution is 7.92. The van der Waals surface area contributed by atoms with E-state index in [0.717, 1.165) is 41.3 Å². The molecule has 3 rings (SSSR count). The smallest absolute Gasteiger partial charge is 0.241 e. The van der Waals surface area contributed by atoms with Crippen LogP contribution in [0.1, 0.15) is 36.0 Å². The van der Waals surface area contributed by atoms with E-state index in [1.54, 1.807) is 12.1 Å². The van der Waals surface area contributed by atoms with Gasteiger partial charge < -0.3 is 5.32 Å². The van der Waals surface area contributed by atoms with Crippen LogP contribution in [0.15, 0.2) is 48.5 Å². The number of piperidine rings is 1. The Balaban J connectivity index is 1.60. The van der Waals surface area contributed by atoms with Gasteiger partial charge in [0.2, 0.25) is 15.9 Å². The average Bonchev–Trinajstić information content (AvgIpc) is 2.71. The Morgan fingerprint density at radius 3 is 2.43 bits per heavy atom. The monoisotopic (exact) mass is 429 g/mol. The second-order valence-corrected chi connectivity index (χ2v) is 9.90. The average molecular weight is 430 g/mol. The van der Waals surface area contributed by atoms with Gasteiger partial charge in [0.15, 0.2) is 0 Å². The predicted octanol–water partition coefficient (Wildman–Crippen LogP) is 3.06. The third-order valence-corrected chi connectivity index (χ3v) is 6.53. The first-order valence-corrected chi connectivity index (χ1v) is 12.3. The maximum atomic E-state index is 12.5. The first-order valence-electron chi connectivity index (χ1n) is 10.4. The van der Waals surface area contributed by atoms with E-state index >= 15 is 0 Å². The summed E-state index contributed by atoms with van der Waals surface area (Å²) in [5, 5.41) is 2.86. The van der Waals surface area contributed by atoms with Gasteiger partial charge in [-0.2, -0.15) is 0 Å². The van der Waals surface area contributed by atoms with Crippen molar-refractivity contribution in [1.82, 2.24) is 10.2 Å². The molecule has 1 heterocycles. The van der Waals surface area contributed by atoms with Crippen molar-refractivity contribution in [2.45, 2.75) is 39.3 Å². The Morgan fingerprint density at radius 1 is 1.03 bits per heavy atom. The zero-order valence-corrected chi connectivity index (χ0v) is 18.6. The van der Waals surface area contributed by atoms with E-state index in [0.29, 0.717) is 12.2 Å². The van der Waals surface area contributed by atoms with Gasteiger partial charge in [-0.1, -0.05) is 48.9 Å². The van der Waals surface area contributed by atoms with Crippen LogP contribution in [-0.2, 0) is 27.9 Å². The van der Waals surface area contributed by atoms with Crippen molar-refractivity contribution < 1.29 is 13.2 Å². The molecule has 0 saturated carbocycles. The zero-order chi connectivity index (χ0) is 21.6. The highest BCUT2D eigenvalue weighted by Gasteiger charge is 2.22. The Morgan fingerprint density at radius 2 is 1.73 bits per heavy atom. The Labute approximate surface area is 179 Å². The van der Waals surface area contributed by atoms with E-state index in [4.69, 9.17) is 0 Å². The minimum Gasteiger partial charge on any atom is -0.350 e. The number of nitrogens with one attached hydrogen (secondary N) is 1. The molecule has 0 bridgehead atoms. The van der Waals surface area contributed by atoms with Gasteiger partial charge in [-0.3, -0.25) is 14.0 Å². The highest BCUT2D eigenvalue weighted by atomic mass is 32.2. The molecule has 0 unspecified atom stereocenters. The number of rotatable bonds is 8. The number of likely N-dealkylation sites (tertiary alicyclic amines) is 1. The van der Waals surface area contributed by atoms with Crippen LogP contribution >= 0.6 is 0 Å². The standard InChI is InChI=1S/C23H31N3O3S/c1-19-9-4-5-12-22(19)26(30(2,28)29)18-23(27)24-16-20-10-8-11-21(15-20)17-25-13-6-3-7-14-25/h4-5,8-12,15H,3,6-7,13-14,16-18H2,1-2H3,(H,24,27).